The summed E-state index contributed by atoms with van der Waals surface area (Å²) >= 11 is 1.61. The summed E-state index contributed by atoms with van der Waals surface area (Å²) in [6.45, 7) is 2.96. The van der Waals surface area contributed by atoms with Crippen LogP contribution >= 0.6 is 11.3 Å². The highest BCUT2D eigenvalue weighted by atomic mass is 32.1. The van der Waals surface area contributed by atoms with Crippen LogP contribution in [0.3, 0.4) is 0 Å². The zero-order chi connectivity index (χ0) is 17.8. The molecule has 0 bridgehead atoms. The quantitative estimate of drug-likeness (QED) is 0.679. The van der Waals surface area contributed by atoms with E-state index in [2.05, 4.69) is 9.97 Å². The number of aromatic nitrogens is 3. The molecule has 130 valence electrons. The lowest BCUT2D eigenvalue weighted by atomic mass is 10.2. The first kappa shape index (κ1) is 17.3. The monoisotopic (exact) mass is 356 g/mol. The number of nitrogens with zero attached hydrogens (tertiary/aromatic N) is 4. The fraction of sp³-hybridized carbons (Fsp3) is 0.333. The number of hydrogen-bond donors (Lipinski definition) is 0. The van der Waals surface area contributed by atoms with E-state index in [9.17, 15) is 9.59 Å². The average molecular weight is 356 g/mol. The number of hydrogen-bond acceptors (Lipinski definition) is 5. The number of aryl methyl sites for hydroxylation is 2. The van der Waals surface area contributed by atoms with E-state index in [1.807, 2.05) is 24.6 Å². The Bertz CT molecular complexity index is 947. The summed E-state index contributed by atoms with van der Waals surface area (Å²) in [5.41, 5.74) is 3.42. The first-order valence-electron chi connectivity index (χ1n) is 8.13. The van der Waals surface area contributed by atoms with Crippen LogP contribution < -0.4 is 5.56 Å². The second-order valence-electron chi connectivity index (χ2n) is 5.94. The standard InChI is InChI=1S/C18H20N4O2S/c1-13-16(25-12-20-13)7-9-21(2)17(23)8-10-22-11-19-15-6-4-3-5-14(15)18(22)24/h3-6,11-12H,7-10H2,1-2H3. The van der Waals surface area contributed by atoms with Crippen LogP contribution in [0.4, 0.5) is 0 Å². The summed E-state index contributed by atoms with van der Waals surface area (Å²) in [6, 6.07) is 7.23. The van der Waals surface area contributed by atoms with Gasteiger partial charge in [0.25, 0.3) is 5.56 Å². The third kappa shape index (κ3) is 3.93. The van der Waals surface area contributed by atoms with Gasteiger partial charge in [-0.15, -0.1) is 11.3 Å². The van der Waals surface area contributed by atoms with Crippen molar-refractivity contribution in [3.8, 4) is 0 Å². The number of likely N-dealkylation sites (N-methyl/N-ethyl adjacent to an activating group) is 1. The molecule has 0 radical (unpaired) electrons. The molecule has 6 nitrogen and oxygen atoms in total. The van der Waals surface area contributed by atoms with Crippen molar-refractivity contribution in [1.29, 1.82) is 0 Å². The summed E-state index contributed by atoms with van der Waals surface area (Å²) in [7, 11) is 1.79. The topological polar surface area (TPSA) is 68.1 Å². The van der Waals surface area contributed by atoms with Crippen LogP contribution in [0.2, 0.25) is 0 Å². The Balaban J connectivity index is 1.59. The number of fused-ring (bicyclic) bond motifs is 1. The number of carbonyl (C=O) groups excluding carboxylic acids is 1. The van der Waals surface area contributed by atoms with Crippen LogP contribution in [0.5, 0.6) is 0 Å². The van der Waals surface area contributed by atoms with Crippen molar-refractivity contribution in [2.24, 2.45) is 0 Å². The molecule has 0 saturated heterocycles. The van der Waals surface area contributed by atoms with Crippen molar-refractivity contribution >= 4 is 28.1 Å². The Kier molecular flexibility index (Phi) is 5.23. The minimum atomic E-state index is -0.110. The Labute approximate surface area is 149 Å². The molecule has 0 atom stereocenters. The predicted molar refractivity (Wildman–Crippen MR) is 98.8 cm³/mol. The number of amides is 1. The summed E-state index contributed by atoms with van der Waals surface area (Å²) in [6.07, 6.45) is 2.59. The highest BCUT2D eigenvalue weighted by Crippen LogP contribution is 2.13. The van der Waals surface area contributed by atoms with Crippen molar-refractivity contribution in [3.63, 3.8) is 0 Å². The van der Waals surface area contributed by atoms with Gasteiger partial charge in [0.05, 0.1) is 28.4 Å². The van der Waals surface area contributed by atoms with Crippen LogP contribution in [0.1, 0.15) is 17.0 Å². The van der Waals surface area contributed by atoms with E-state index >= 15 is 0 Å². The van der Waals surface area contributed by atoms with E-state index < -0.39 is 0 Å². The zero-order valence-electron chi connectivity index (χ0n) is 14.3. The molecule has 1 amide bonds. The van der Waals surface area contributed by atoms with Crippen molar-refractivity contribution < 1.29 is 4.79 Å². The van der Waals surface area contributed by atoms with Gasteiger partial charge in [-0.25, -0.2) is 9.97 Å². The van der Waals surface area contributed by atoms with Crippen LogP contribution in [-0.4, -0.2) is 38.9 Å². The van der Waals surface area contributed by atoms with Gasteiger partial charge in [0.1, 0.15) is 0 Å². The predicted octanol–water partition coefficient (Wildman–Crippen LogP) is 2.25. The fourth-order valence-electron chi connectivity index (χ4n) is 2.63. The Morgan fingerprint density at radius 3 is 2.84 bits per heavy atom. The molecule has 3 aromatic rings. The smallest absolute Gasteiger partial charge is 0.261 e. The summed E-state index contributed by atoms with van der Waals surface area (Å²) in [4.78, 5) is 36.1. The van der Waals surface area contributed by atoms with Gasteiger partial charge in [0, 0.05) is 37.9 Å². The lowest BCUT2D eigenvalue weighted by Gasteiger charge is -2.17. The molecule has 0 aliphatic rings. The van der Waals surface area contributed by atoms with Crippen LogP contribution in [0.15, 0.2) is 40.9 Å². The largest absolute Gasteiger partial charge is 0.345 e. The second kappa shape index (κ2) is 7.57. The van der Waals surface area contributed by atoms with Gasteiger partial charge in [0.15, 0.2) is 0 Å². The fourth-order valence-corrected chi connectivity index (χ4v) is 3.40. The van der Waals surface area contributed by atoms with Crippen LogP contribution in [0, 0.1) is 6.92 Å². The minimum absolute atomic E-state index is 0.0160. The molecule has 0 saturated carbocycles. The molecule has 2 heterocycles. The molecule has 3 rings (SSSR count). The van der Waals surface area contributed by atoms with E-state index in [-0.39, 0.29) is 17.9 Å². The van der Waals surface area contributed by atoms with Gasteiger partial charge in [-0.2, -0.15) is 0 Å². The van der Waals surface area contributed by atoms with Crippen molar-refractivity contribution in [1.82, 2.24) is 19.4 Å². The SMILES string of the molecule is Cc1ncsc1CCN(C)C(=O)CCn1cnc2ccccc2c1=O. The maximum Gasteiger partial charge on any atom is 0.261 e. The normalized spacial score (nSPS) is 11.0. The first-order chi connectivity index (χ1) is 12.1. The number of para-hydroxylation sites is 1. The average Bonchev–Trinajstić information content (AvgIpc) is 3.04. The van der Waals surface area contributed by atoms with Crippen LogP contribution in [-0.2, 0) is 17.8 Å². The molecule has 2 aromatic heterocycles. The third-order valence-corrected chi connectivity index (χ3v) is 5.24. The maximum atomic E-state index is 12.4. The van der Waals surface area contributed by atoms with Crippen molar-refractivity contribution in [2.75, 3.05) is 13.6 Å². The van der Waals surface area contributed by atoms with Gasteiger partial charge in [-0.3, -0.25) is 14.2 Å². The lowest BCUT2D eigenvalue weighted by Crippen LogP contribution is -2.31. The molecule has 0 N–H and O–H groups in total. The molecule has 0 unspecified atom stereocenters. The molecule has 25 heavy (non-hydrogen) atoms. The summed E-state index contributed by atoms with van der Waals surface area (Å²) in [5.74, 6) is 0.0160. The molecule has 0 spiro atoms. The van der Waals surface area contributed by atoms with Gasteiger partial charge < -0.3 is 4.90 Å². The molecule has 1 aromatic carbocycles. The Morgan fingerprint density at radius 2 is 2.08 bits per heavy atom. The van der Waals surface area contributed by atoms with Crippen molar-refractivity contribution in [3.05, 3.63) is 57.0 Å². The lowest BCUT2D eigenvalue weighted by molar-refractivity contribution is -0.130. The highest BCUT2D eigenvalue weighted by molar-refractivity contribution is 7.09. The summed E-state index contributed by atoms with van der Waals surface area (Å²) < 4.78 is 1.50. The Morgan fingerprint density at radius 1 is 1.28 bits per heavy atom. The highest BCUT2D eigenvalue weighted by Gasteiger charge is 2.11. The second-order valence-corrected chi connectivity index (χ2v) is 6.88. The number of carbonyl (C=O) groups is 1. The van der Waals surface area contributed by atoms with E-state index in [1.54, 1.807) is 35.4 Å². The van der Waals surface area contributed by atoms with Gasteiger partial charge in [-0.1, -0.05) is 12.1 Å². The molecular weight excluding hydrogens is 336 g/mol. The van der Waals surface area contributed by atoms with Crippen LogP contribution in [0.25, 0.3) is 10.9 Å². The molecule has 0 aliphatic carbocycles. The van der Waals surface area contributed by atoms with Gasteiger partial charge >= 0.3 is 0 Å². The first-order valence-corrected chi connectivity index (χ1v) is 9.01. The van der Waals surface area contributed by atoms with E-state index in [0.29, 0.717) is 24.0 Å². The van der Waals surface area contributed by atoms with E-state index in [0.717, 1.165) is 12.1 Å². The summed E-state index contributed by atoms with van der Waals surface area (Å²) in [5, 5.41) is 0.575. The molecule has 0 fully saturated rings. The zero-order valence-corrected chi connectivity index (χ0v) is 15.1. The third-order valence-electron chi connectivity index (χ3n) is 4.24. The molecule has 7 heteroatoms. The van der Waals surface area contributed by atoms with Gasteiger partial charge in [0.2, 0.25) is 5.91 Å². The number of thiazole rings is 1. The van der Waals surface area contributed by atoms with E-state index in [1.165, 1.54) is 15.8 Å². The maximum absolute atomic E-state index is 12.4. The van der Waals surface area contributed by atoms with E-state index in [4.69, 9.17) is 0 Å². The molecular formula is C18H20N4O2S. The number of benzene rings is 1. The minimum Gasteiger partial charge on any atom is -0.345 e. The van der Waals surface area contributed by atoms with Crippen molar-refractivity contribution in [2.45, 2.75) is 26.3 Å². The Hall–Kier alpha value is -2.54. The van der Waals surface area contributed by atoms with Gasteiger partial charge in [-0.05, 0) is 19.1 Å². The molecule has 0 aliphatic heterocycles. The number of rotatable bonds is 6.